The van der Waals surface area contributed by atoms with Gasteiger partial charge in [-0.2, -0.15) is 0 Å². The summed E-state index contributed by atoms with van der Waals surface area (Å²) in [5.41, 5.74) is 7.79. The summed E-state index contributed by atoms with van der Waals surface area (Å²) in [7, 11) is 4.87. The van der Waals surface area contributed by atoms with Gasteiger partial charge in [-0.05, 0) is 30.5 Å². The Balaban J connectivity index is 2.30. The van der Waals surface area contributed by atoms with Crippen molar-refractivity contribution in [1.29, 1.82) is 0 Å². The number of nitrogens with two attached hydrogens (primary N) is 1. The molecule has 2 aromatic rings. The van der Waals surface area contributed by atoms with E-state index in [0.717, 1.165) is 16.7 Å². The van der Waals surface area contributed by atoms with Crippen molar-refractivity contribution in [2.75, 3.05) is 21.3 Å². The van der Waals surface area contributed by atoms with Gasteiger partial charge in [-0.25, -0.2) is 0 Å². The number of rotatable bonds is 5. The van der Waals surface area contributed by atoms with Crippen LogP contribution < -0.4 is 15.2 Å². The van der Waals surface area contributed by atoms with Gasteiger partial charge in [-0.15, -0.1) is 0 Å². The van der Waals surface area contributed by atoms with E-state index in [1.807, 2.05) is 37.3 Å². The predicted molar refractivity (Wildman–Crippen MR) is 99.6 cm³/mol. The smallest absolute Gasteiger partial charge is 0.227 e. The normalized spacial score (nSPS) is 24.6. The molecule has 0 spiro atoms. The molecule has 1 aliphatic carbocycles. The maximum atomic E-state index is 12.5. The van der Waals surface area contributed by atoms with E-state index in [2.05, 4.69) is 12.1 Å². The molecule has 5 heteroatoms. The van der Waals surface area contributed by atoms with Gasteiger partial charge in [0.1, 0.15) is 0 Å². The predicted octanol–water partition coefficient (Wildman–Crippen LogP) is 3.32. The molecule has 3 unspecified atom stereocenters. The van der Waals surface area contributed by atoms with Gasteiger partial charge in [0.25, 0.3) is 0 Å². The van der Waals surface area contributed by atoms with Crippen LogP contribution in [0.25, 0.3) is 0 Å². The summed E-state index contributed by atoms with van der Waals surface area (Å²) in [6.45, 7) is 1.89. The van der Waals surface area contributed by atoms with Crippen LogP contribution in [-0.2, 0) is 14.9 Å². The molecule has 2 N–H and O–H groups in total. The second-order valence-electron chi connectivity index (χ2n) is 6.84. The average Bonchev–Trinajstić information content (AvgIpc) is 2.67. The molecule has 0 aromatic heterocycles. The van der Waals surface area contributed by atoms with Crippen molar-refractivity contribution in [1.82, 2.24) is 0 Å². The average molecular weight is 355 g/mol. The Kier molecular flexibility index (Phi) is 4.92. The fraction of sp³-hybridized carbons (Fsp3) is 0.381. The highest BCUT2D eigenvalue weighted by Gasteiger charge is 2.48. The molecule has 5 nitrogen and oxygen atoms in total. The first-order valence-corrected chi connectivity index (χ1v) is 8.61. The number of amides is 1. The second kappa shape index (κ2) is 7.00. The fourth-order valence-electron chi connectivity index (χ4n) is 4.08. The molecule has 3 rings (SSSR count). The highest BCUT2D eigenvalue weighted by molar-refractivity contribution is 5.88. The topological polar surface area (TPSA) is 70.8 Å². The van der Waals surface area contributed by atoms with E-state index in [1.165, 1.54) is 0 Å². The molecule has 26 heavy (non-hydrogen) atoms. The lowest BCUT2D eigenvalue weighted by Crippen LogP contribution is -2.44. The molecule has 0 radical (unpaired) electrons. The third kappa shape index (κ3) is 2.72. The van der Waals surface area contributed by atoms with Gasteiger partial charge in [0.15, 0.2) is 11.5 Å². The van der Waals surface area contributed by atoms with E-state index in [4.69, 9.17) is 19.9 Å². The summed E-state index contributed by atoms with van der Waals surface area (Å²) in [6.07, 6.45) is 0.290. The standard InChI is InChI=1S/C21H25NO4/c1-21(20(22)23)12-14(13-8-6-5-7-9-13)18(25-3)17-15(21)10-11-16(24-2)19(17)26-4/h5-11,14,18H,12H2,1-4H3,(H2,22,23). The summed E-state index contributed by atoms with van der Waals surface area (Å²) in [6, 6.07) is 13.8. The molecule has 2 aromatic carbocycles. The number of benzene rings is 2. The molecular weight excluding hydrogens is 330 g/mol. The van der Waals surface area contributed by atoms with Gasteiger partial charge < -0.3 is 19.9 Å². The quantitative estimate of drug-likeness (QED) is 0.893. The van der Waals surface area contributed by atoms with Gasteiger partial charge >= 0.3 is 0 Å². The highest BCUT2D eigenvalue weighted by atomic mass is 16.5. The van der Waals surface area contributed by atoms with E-state index in [9.17, 15) is 4.79 Å². The second-order valence-corrected chi connectivity index (χ2v) is 6.84. The van der Waals surface area contributed by atoms with Crippen molar-refractivity contribution >= 4 is 5.91 Å². The zero-order valence-electron chi connectivity index (χ0n) is 15.6. The first-order chi connectivity index (χ1) is 12.5. The van der Waals surface area contributed by atoms with Crippen molar-refractivity contribution < 1.29 is 19.0 Å². The molecule has 138 valence electrons. The molecule has 3 atom stereocenters. The Morgan fingerprint density at radius 1 is 1.08 bits per heavy atom. The largest absolute Gasteiger partial charge is 0.493 e. The molecule has 1 aliphatic rings. The summed E-state index contributed by atoms with van der Waals surface area (Å²) >= 11 is 0. The summed E-state index contributed by atoms with van der Waals surface area (Å²) in [5, 5.41) is 0. The summed E-state index contributed by atoms with van der Waals surface area (Å²) in [4.78, 5) is 12.5. The van der Waals surface area contributed by atoms with Crippen LogP contribution in [0.2, 0.25) is 0 Å². The number of methoxy groups -OCH3 is 3. The van der Waals surface area contributed by atoms with E-state index in [0.29, 0.717) is 17.9 Å². The monoisotopic (exact) mass is 355 g/mol. The highest BCUT2D eigenvalue weighted by Crippen LogP contribution is 2.55. The minimum absolute atomic E-state index is 0.0350. The zero-order valence-corrected chi connectivity index (χ0v) is 15.6. The Morgan fingerprint density at radius 3 is 2.31 bits per heavy atom. The van der Waals surface area contributed by atoms with Crippen molar-refractivity contribution in [2.24, 2.45) is 5.73 Å². The Morgan fingerprint density at radius 2 is 1.77 bits per heavy atom. The van der Waals surface area contributed by atoms with E-state index >= 15 is 0 Å². The van der Waals surface area contributed by atoms with Gasteiger partial charge in [0.2, 0.25) is 5.91 Å². The van der Waals surface area contributed by atoms with Crippen LogP contribution >= 0.6 is 0 Å². The van der Waals surface area contributed by atoms with Crippen LogP contribution in [0.3, 0.4) is 0 Å². The minimum atomic E-state index is -0.829. The number of ether oxygens (including phenoxy) is 3. The van der Waals surface area contributed by atoms with Crippen molar-refractivity contribution in [2.45, 2.75) is 30.8 Å². The number of hydrogen-bond acceptors (Lipinski definition) is 4. The number of hydrogen-bond donors (Lipinski definition) is 1. The molecule has 0 heterocycles. The van der Waals surface area contributed by atoms with Gasteiger partial charge in [-0.1, -0.05) is 36.4 Å². The lowest BCUT2D eigenvalue weighted by atomic mass is 9.63. The van der Waals surface area contributed by atoms with Crippen LogP contribution in [0.1, 0.15) is 42.1 Å². The SMILES string of the molecule is COc1ccc2c(c1OC)C(OC)C(c1ccccc1)CC2(C)C(N)=O. The molecule has 0 aliphatic heterocycles. The maximum absolute atomic E-state index is 12.5. The number of carbonyl (C=O) groups excluding carboxylic acids is 1. The van der Waals surface area contributed by atoms with Crippen molar-refractivity contribution in [3.63, 3.8) is 0 Å². The first kappa shape index (κ1) is 18.3. The van der Waals surface area contributed by atoms with E-state index < -0.39 is 5.41 Å². The zero-order chi connectivity index (χ0) is 18.9. The molecular formula is C21H25NO4. The lowest BCUT2D eigenvalue weighted by molar-refractivity contribution is -0.124. The number of carbonyl (C=O) groups is 1. The van der Waals surface area contributed by atoms with Crippen LogP contribution in [0.15, 0.2) is 42.5 Å². The van der Waals surface area contributed by atoms with E-state index in [-0.39, 0.29) is 17.9 Å². The van der Waals surface area contributed by atoms with Gasteiger partial charge in [0.05, 0.1) is 25.7 Å². The Bertz CT molecular complexity index is 805. The molecule has 1 amide bonds. The van der Waals surface area contributed by atoms with Crippen LogP contribution in [0.4, 0.5) is 0 Å². The molecule has 0 fully saturated rings. The molecule has 0 bridgehead atoms. The maximum Gasteiger partial charge on any atom is 0.227 e. The van der Waals surface area contributed by atoms with E-state index in [1.54, 1.807) is 21.3 Å². The summed E-state index contributed by atoms with van der Waals surface area (Å²) in [5.74, 6) is 0.799. The van der Waals surface area contributed by atoms with Crippen molar-refractivity contribution in [3.8, 4) is 11.5 Å². The van der Waals surface area contributed by atoms with Gasteiger partial charge in [-0.3, -0.25) is 4.79 Å². The first-order valence-electron chi connectivity index (χ1n) is 8.61. The Hall–Kier alpha value is -2.53. The number of primary amides is 1. The molecule has 0 saturated heterocycles. The summed E-state index contributed by atoms with van der Waals surface area (Å²) < 4.78 is 17.0. The third-order valence-corrected chi connectivity index (χ3v) is 5.48. The molecule has 0 saturated carbocycles. The fourth-order valence-corrected chi connectivity index (χ4v) is 4.08. The van der Waals surface area contributed by atoms with Crippen LogP contribution in [0, 0.1) is 0 Å². The van der Waals surface area contributed by atoms with Crippen molar-refractivity contribution in [3.05, 3.63) is 59.2 Å². The van der Waals surface area contributed by atoms with Crippen LogP contribution in [0.5, 0.6) is 11.5 Å². The van der Waals surface area contributed by atoms with Crippen LogP contribution in [-0.4, -0.2) is 27.2 Å². The Labute approximate surface area is 154 Å². The van der Waals surface area contributed by atoms with Gasteiger partial charge in [0, 0.05) is 18.6 Å². The number of fused-ring (bicyclic) bond motifs is 1. The lowest BCUT2D eigenvalue weighted by Gasteiger charge is -2.43. The third-order valence-electron chi connectivity index (χ3n) is 5.48. The minimum Gasteiger partial charge on any atom is -0.493 e.